The van der Waals surface area contributed by atoms with Gasteiger partial charge in [0.1, 0.15) is 5.82 Å². The van der Waals surface area contributed by atoms with Crippen LogP contribution in [0, 0.1) is 0 Å². The van der Waals surface area contributed by atoms with Crippen LogP contribution in [0.4, 0.5) is 11.5 Å². The lowest BCUT2D eigenvalue weighted by molar-refractivity contribution is -0.131. The summed E-state index contributed by atoms with van der Waals surface area (Å²) in [6, 6.07) is 11.5. The van der Waals surface area contributed by atoms with Gasteiger partial charge in [-0.2, -0.15) is 0 Å². The summed E-state index contributed by atoms with van der Waals surface area (Å²) in [5.41, 5.74) is 0.903. The molecule has 1 aromatic carbocycles. The van der Waals surface area contributed by atoms with Crippen LogP contribution in [0.1, 0.15) is 6.42 Å². The van der Waals surface area contributed by atoms with Gasteiger partial charge >= 0.3 is 0 Å². The highest BCUT2D eigenvalue weighted by Gasteiger charge is 2.21. The van der Waals surface area contributed by atoms with Crippen molar-refractivity contribution in [3.8, 4) is 11.5 Å². The Kier molecular flexibility index (Phi) is 6.35. The predicted octanol–water partition coefficient (Wildman–Crippen LogP) is 2.25. The second-order valence-electron chi connectivity index (χ2n) is 6.30. The van der Waals surface area contributed by atoms with Gasteiger partial charge in [0.25, 0.3) is 0 Å². The van der Waals surface area contributed by atoms with Crippen molar-refractivity contribution < 1.29 is 14.3 Å². The number of amides is 1. The van der Waals surface area contributed by atoms with Gasteiger partial charge in [0.05, 0.1) is 14.2 Å². The maximum absolute atomic E-state index is 12.5. The Morgan fingerprint density at radius 2 is 1.85 bits per heavy atom. The normalized spacial score (nSPS) is 14.0. The average molecular weight is 370 g/mol. The molecule has 1 amide bonds. The summed E-state index contributed by atoms with van der Waals surface area (Å²) >= 11 is 0. The van der Waals surface area contributed by atoms with E-state index < -0.39 is 0 Å². The monoisotopic (exact) mass is 370 g/mol. The molecule has 0 radical (unpaired) electrons. The summed E-state index contributed by atoms with van der Waals surface area (Å²) in [6.45, 7) is 3.66. The highest BCUT2D eigenvalue weighted by molar-refractivity contribution is 5.77. The van der Waals surface area contributed by atoms with Crippen LogP contribution < -0.4 is 19.7 Å². The van der Waals surface area contributed by atoms with E-state index >= 15 is 0 Å². The average Bonchev–Trinajstić information content (AvgIpc) is 2.74. The van der Waals surface area contributed by atoms with Crippen molar-refractivity contribution in [3.63, 3.8) is 0 Å². The lowest BCUT2D eigenvalue weighted by atomic mass is 10.2. The summed E-state index contributed by atoms with van der Waals surface area (Å²) in [6.07, 6.45) is 2.25. The van der Waals surface area contributed by atoms with E-state index in [0.717, 1.165) is 37.7 Å². The topological polar surface area (TPSA) is 66.9 Å². The minimum absolute atomic E-state index is 0.170. The van der Waals surface area contributed by atoms with E-state index in [2.05, 4.69) is 15.2 Å². The highest BCUT2D eigenvalue weighted by Crippen LogP contribution is 2.29. The van der Waals surface area contributed by atoms with Crippen LogP contribution in [0.25, 0.3) is 0 Å². The third-order valence-corrected chi connectivity index (χ3v) is 4.66. The molecular weight excluding hydrogens is 344 g/mol. The fourth-order valence-corrected chi connectivity index (χ4v) is 3.14. The van der Waals surface area contributed by atoms with E-state index in [1.54, 1.807) is 20.4 Å². The number of piperazine rings is 1. The molecule has 3 rings (SSSR count). The minimum atomic E-state index is 0.170. The zero-order chi connectivity index (χ0) is 19.1. The molecule has 0 spiro atoms. The number of nitrogens with zero attached hydrogens (tertiary/aromatic N) is 3. The molecule has 2 aromatic rings. The fraction of sp³-hybridized carbons (Fsp3) is 0.400. The summed E-state index contributed by atoms with van der Waals surface area (Å²) < 4.78 is 10.5. The number of carbonyl (C=O) groups is 1. The standard InChI is InChI=1S/C20H26N4O3/c1-26-17-7-6-16(15-18(17)27-2)21-10-8-20(25)24-13-11-23(12-14-24)19-5-3-4-9-22-19/h3-7,9,15,21H,8,10-14H2,1-2H3. The van der Waals surface area contributed by atoms with E-state index in [0.29, 0.717) is 24.5 Å². The van der Waals surface area contributed by atoms with Gasteiger partial charge < -0.3 is 24.6 Å². The molecule has 1 aliphatic rings. The maximum atomic E-state index is 12.5. The predicted molar refractivity (Wildman–Crippen MR) is 106 cm³/mol. The van der Waals surface area contributed by atoms with Crippen molar-refractivity contribution in [1.29, 1.82) is 0 Å². The van der Waals surface area contributed by atoms with E-state index in [4.69, 9.17) is 9.47 Å². The minimum Gasteiger partial charge on any atom is -0.493 e. The van der Waals surface area contributed by atoms with Crippen molar-refractivity contribution in [2.45, 2.75) is 6.42 Å². The largest absolute Gasteiger partial charge is 0.493 e. The molecule has 1 aliphatic heterocycles. The number of carbonyl (C=O) groups excluding carboxylic acids is 1. The fourth-order valence-electron chi connectivity index (χ4n) is 3.14. The first-order valence-corrected chi connectivity index (χ1v) is 9.11. The number of rotatable bonds is 7. The smallest absolute Gasteiger partial charge is 0.224 e. The lowest BCUT2D eigenvalue weighted by Crippen LogP contribution is -2.49. The molecule has 1 fully saturated rings. The van der Waals surface area contributed by atoms with Gasteiger partial charge in [-0.15, -0.1) is 0 Å². The number of aromatic nitrogens is 1. The van der Waals surface area contributed by atoms with Gasteiger partial charge in [-0.1, -0.05) is 6.07 Å². The Morgan fingerprint density at radius 3 is 2.52 bits per heavy atom. The summed E-state index contributed by atoms with van der Waals surface area (Å²) in [4.78, 5) is 21.0. The van der Waals surface area contributed by atoms with Crippen LogP contribution in [0.2, 0.25) is 0 Å². The molecule has 2 heterocycles. The summed E-state index contributed by atoms with van der Waals surface area (Å²) in [5.74, 6) is 2.49. The summed E-state index contributed by atoms with van der Waals surface area (Å²) in [5, 5.41) is 3.27. The van der Waals surface area contributed by atoms with E-state index in [9.17, 15) is 4.79 Å². The van der Waals surface area contributed by atoms with Gasteiger partial charge in [-0.25, -0.2) is 4.98 Å². The van der Waals surface area contributed by atoms with E-state index in [1.165, 1.54) is 0 Å². The Morgan fingerprint density at radius 1 is 1.07 bits per heavy atom. The zero-order valence-electron chi connectivity index (χ0n) is 15.9. The first-order valence-electron chi connectivity index (χ1n) is 9.11. The number of anilines is 2. The Balaban J connectivity index is 1.44. The van der Waals surface area contributed by atoms with Gasteiger partial charge in [0.15, 0.2) is 11.5 Å². The molecule has 0 bridgehead atoms. The molecule has 7 heteroatoms. The first kappa shape index (κ1) is 18.8. The summed E-state index contributed by atoms with van der Waals surface area (Å²) in [7, 11) is 3.22. The van der Waals surface area contributed by atoms with Gasteiger partial charge in [-0.3, -0.25) is 4.79 Å². The molecule has 0 saturated carbocycles. The Hall–Kier alpha value is -2.96. The van der Waals surface area contributed by atoms with Crippen molar-refractivity contribution in [2.75, 3.05) is 57.2 Å². The molecule has 0 aliphatic carbocycles. The number of hydrogen-bond donors (Lipinski definition) is 1. The highest BCUT2D eigenvalue weighted by atomic mass is 16.5. The molecule has 7 nitrogen and oxygen atoms in total. The molecular formula is C20H26N4O3. The van der Waals surface area contributed by atoms with Crippen LogP contribution in [0.3, 0.4) is 0 Å². The van der Waals surface area contributed by atoms with Crippen molar-refractivity contribution in [1.82, 2.24) is 9.88 Å². The first-order chi connectivity index (χ1) is 13.2. The van der Waals surface area contributed by atoms with Crippen molar-refractivity contribution in [3.05, 3.63) is 42.6 Å². The Labute approximate surface area is 159 Å². The van der Waals surface area contributed by atoms with E-state index in [-0.39, 0.29) is 5.91 Å². The van der Waals surface area contributed by atoms with Crippen molar-refractivity contribution in [2.24, 2.45) is 0 Å². The van der Waals surface area contributed by atoms with E-state index in [1.807, 2.05) is 41.3 Å². The number of nitrogens with one attached hydrogen (secondary N) is 1. The molecule has 0 unspecified atom stereocenters. The lowest BCUT2D eigenvalue weighted by Gasteiger charge is -2.35. The second kappa shape index (κ2) is 9.12. The molecule has 27 heavy (non-hydrogen) atoms. The number of ether oxygens (including phenoxy) is 2. The van der Waals surface area contributed by atoms with Crippen LogP contribution in [0.15, 0.2) is 42.6 Å². The molecule has 144 valence electrons. The number of pyridine rings is 1. The number of benzene rings is 1. The van der Waals surface area contributed by atoms with Gasteiger partial charge in [-0.05, 0) is 24.3 Å². The SMILES string of the molecule is COc1ccc(NCCC(=O)N2CCN(c3ccccn3)CC2)cc1OC. The van der Waals surface area contributed by atoms with Crippen LogP contribution in [0.5, 0.6) is 11.5 Å². The Bertz CT molecular complexity index is 746. The third-order valence-electron chi connectivity index (χ3n) is 4.66. The quantitative estimate of drug-likeness (QED) is 0.806. The molecule has 1 aromatic heterocycles. The maximum Gasteiger partial charge on any atom is 0.224 e. The molecule has 1 N–H and O–H groups in total. The zero-order valence-corrected chi connectivity index (χ0v) is 15.9. The van der Waals surface area contributed by atoms with Crippen LogP contribution in [-0.2, 0) is 4.79 Å². The molecule has 0 atom stereocenters. The molecule has 1 saturated heterocycles. The number of hydrogen-bond acceptors (Lipinski definition) is 6. The third kappa shape index (κ3) is 4.81. The van der Waals surface area contributed by atoms with Crippen LogP contribution >= 0.6 is 0 Å². The second-order valence-corrected chi connectivity index (χ2v) is 6.30. The number of methoxy groups -OCH3 is 2. The van der Waals surface area contributed by atoms with Crippen LogP contribution in [-0.4, -0.2) is 62.7 Å². The van der Waals surface area contributed by atoms with Crippen molar-refractivity contribution >= 4 is 17.4 Å². The van der Waals surface area contributed by atoms with Gasteiger partial charge in [0.2, 0.25) is 5.91 Å². The van der Waals surface area contributed by atoms with Gasteiger partial charge in [0, 0.05) is 57.1 Å².